The molecule has 1 N–H and O–H groups in total. The number of pyridine rings is 1. The van der Waals surface area contributed by atoms with Crippen LogP contribution in [0.2, 0.25) is 10.0 Å². The standard InChI is InChI=1S/C10H10Cl2N4/c1-16-3-2-13-9(16)6-15-10-8(12)4-7(11)5-14-10/h2-5H,6H2,1H3,(H,14,15). The Morgan fingerprint density at radius 3 is 2.81 bits per heavy atom. The first-order valence-electron chi connectivity index (χ1n) is 4.68. The van der Waals surface area contributed by atoms with Crippen LogP contribution in [0, 0.1) is 0 Å². The van der Waals surface area contributed by atoms with E-state index in [4.69, 9.17) is 23.2 Å². The smallest absolute Gasteiger partial charge is 0.145 e. The molecule has 0 amide bonds. The number of aromatic nitrogens is 3. The van der Waals surface area contributed by atoms with Gasteiger partial charge in [-0.05, 0) is 6.07 Å². The maximum atomic E-state index is 5.97. The molecule has 0 saturated heterocycles. The molecule has 0 aliphatic rings. The van der Waals surface area contributed by atoms with Crippen LogP contribution in [0.1, 0.15) is 5.82 Å². The van der Waals surface area contributed by atoms with E-state index in [1.807, 2.05) is 17.8 Å². The normalized spacial score (nSPS) is 10.4. The average Bonchev–Trinajstić information content (AvgIpc) is 2.63. The molecule has 0 unspecified atom stereocenters. The predicted molar refractivity (Wildman–Crippen MR) is 64.8 cm³/mol. The second kappa shape index (κ2) is 4.72. The van der Waals surface area contributed by atoms with E-state index in [-0.39, 0.29) is 0 Å². The number of anilines is 1. The van der Waals surface area contributed by atoms with Gasteiger partial charge in [0, 0.05) is 25.6 Å². The van der Waals surface area contributed by atoms with Crippen molar-refractivity contribution in [3.05, 3.63) is 40.5 Å². The van der Waals surface area contributed by atoms with Crippen molar-refractivity contribution in [2.24, 2.45) is 7.05 Å². The van der Waals surface area contributed by atoms with Gasteiger partial charge < -0.3 is 9.88 Å². The highest BCUT2D eigenvalue weighted by atomic mass is 35.5. The van der Waals surface area contributed by atoms with Crippen LogP contribution >= 0.6 is 23.2 Å². The fourth-order valence-corrected chi connectivity index (χ4v) is 1.72. The van der Waals surface area contributed by atoms with Crippen molar-refractivity contribution in [3.63, 3.8) is 0 Å². The molecule has 2 rings (SSSR count). The highest BCUT2D eigenvalue weighted by molar-refractivity contribution is 6.35. The minimum absolute atomic E-state index is 0.502. The first-order chi connectivity index (χ1) is 7.66. The van der Waals surface area contributed by atoms with Gasteiger partial charge in [-0.3, -0.25) is 0 Å². The van der Waals surface area contributed by atoms with Gasteiger partial charge in [0.2, 0.25) is 0 Å². The minimum Gasteiger partial charge on any atom is -0.362 e. The van der Waals surface area contributed by atoms with E-state index in [1.54, 1.807) is 18.5 Å². The molecular formula is C10H10Cl2N4. The molecule has 84 valence electrons. The lowest BCUT2D eigenvalue weighted by molar-refractivity contribution is 0.811. The third kappa shape index (κ3) is 2.46. The molecule has 2 aromatic rings. The maximum Gasteiger partial charge on any atom is 0.145 e. The number of rotatable bonds is 3. The quantitative estimate of drug-likeness (QED) is 0.919. The average molecular weight is 257 g/mol. The maximum absolute atomic E-state index is 5.97. The van der Waals surface area contributed by atoms with Crippen LogP contribution in [-0.4, -0.2) is 14.5 Å². The van der Waals surface area contributed by atoms with Crippen LogP contribution < -0.4 is 5.32 Å². The topological polar surface area (TPSA) is 42.7 Å². The number of aryl methyl sites for hydroxylation is 1. The van der Waals surface area contributed by atoms with E-state index in [9.17, 15) is 0 Å². The zero-order chi connectivity index (χ0) is 11.5. The van der Waals surface area contributed by atoms with Crippen molar-refractivity contribution in [2.45, 2.75) is 6.54 Å². The van der Waals surface area contributed by atoms with Crippen molar-refractivity contribution >= 4 is 29.0 Å². The minimum atomic E-state index is 0.502. The summed E-state index contributed by atoms with van der Waals surface area (Å²) in [5.74, 6) is 1.52. The van der Waals surface area contributed by atoms with E-state index in [0.29, 0.717) is 22.4 Å². The second-order valence-electron chi connectivity index (χ2n) is 3.29. The summed E-state index contributed by atoms with van der Waals surface area (Å²) in [5, 5.41) is 4.12. The summed E-state index contributed by atoms with van der Waals surface area (Å²) in [4.78, 5) is 8.28. The van der Waals surface area contributed by atoms with Gasteiger partial charge in [0.05, 0.1) is 16.6 Å². The fraction of sp³-hybridized carbons (Fsp3) is 0.200. The molecular weight excluding hydrogens is 247 g/mol. The van der Waals surface area contributed by atoms with E-state index in [2.05, 4.69) is 15.3 Å². The van der Waals surface area contributed by atoms with Gasteiger partial charge in [-0.1, -0.05) is 23.2 Å². The van der Waals surface area contributed by atoms with Gasteiger partial charge in [0.25, 0.3) is 0 Å². The van der Waals surface area contributed by atoms with Gasteiger partial charge in [0.15, 0.2) is 0 Å². The van der Waals surface area contributed by atoms with Crippen LogP contribution in [0.4, 0.5) is 5.82 Å². The Labute approximate surface area is 103 Å². The third-order valence-electron chi connectivity index (χ3n) is 2.14. The Hall–Kier alpha value is -1.26. The molecule has 0 aliphatic carbocycles. The largest absolute Gasteiger partial charge is 0.362 e. The van der Waals surface area contributed by atoms with Gasteiger partial charge in [0.1, 0.15) is 11.6 Å². The third-order valence-corrected chi connectivity index (χ3v) is 2.64. The van der Waals surface area contributed by atoms with Crippen molar-refractivity contribution in [3.8, 4) is 0 Å². The van der Waals surface area contributed by atoms with Crippen LogP contribution in [0.25, 0.3) is 0 Å². The molecule has 0 fully saturated rings. The first kappa shape index (κ1) is 11.2. The summed E-state index contributed by atoms with van der Waals surface area (Å²) in [7, 11) is 1.93. The Morgan fingerprint density at radius 2 is 2.19 bits per heavy atom. The zero-order valence-electron chi connectivity index (χ0n) is 8.61. The van der Waals surface area contributed by atoms with E-state index in [1.165, 1.54) is 0 Å². The molecule has 6 heteroatoms. The van der Waals surface area contributed by atoms with Crippen molar-refractivity contribution in [1.29, 1.82) is 0 Å². The number of nitrogens with zero attached hydrogens (tertiary/aromatic N) is 3. The SMILES string of the molecule is Cn1ccnc1CNc1ncc(Cl)cc1Cl. The molecule has 0 atom stereocenters. The number of halogens is 2. The summed E-state index contributed by atoms with van der Waals surface area (Å²) < 4.78 is 1.93. The molecule has 16 heavy (non-hydrogen) atoms. The molecule has 0 saturated carbocycles. The Balaban J connectivity index is 2.08. The number of hydrogen-bond acceptors (Lipinski definition) is 3. The van der Waals surface area contributed by atoms with Crippen LogP contribution in [0.15, 0.2) is 24.7 Å². The molecule has 0 bridgehead atoms. The lowest BCUT2D eigenvalue weighted by Gasteiger charge is -2.07. The Bertz CT molecular complexity index is 495. The summed E-state index contributed by atoms with van der Waals surface area (Å²) >= 11 is 11.7. The summed E-state index contributed by atoms with van der Waals surface area (Å²) in [6.45, 7) is 0.567. The van der Waals surface area contributed by atoms with Crippen molar-refractivity contribution < 1.29 is 0 Å². The van der Waals surface area contributed by atoms with E-state index < -0.39 is 0 Å². The molecule has 0 aromatic carbocycles. The number of hydrogen-bond donors (Lipinski definition) is 1. The zero-order valence-corrected chi connectivity index (χ0v) is 10.1. The van der Waals surface area contributed by atoms with Crippen molar-refractivity contribution in [1.82, 2.24) is 14.5 Å². The molecule has 0 spiro atoms. The lowest BCUT2D eigenvalue weighted by atomic mass is 10.4. The molecule has 0 aliphatic heterocycles. The summed E-state index contributed by atoms with van der Waals surface area (Å²) in [5.41, 5.74) is 0. The molecule has 0 radical (unpaired) electrons. The summed E-state index contributed by atoms with van der Waals surface area (Å²) in [6, 6.07) is 1.65. The van der Waals surface area contributed by atoms with Crippen LogP contribution in [0.3, 0.4) is 0 Å². The van der Waals surface area contributed by atoms with Crippen molar-refractivity contribution in [2.75, 3.05) is 5.32 Å². The molecule has 4 nitrogen and oxygen atoms in total. The van der Waals surface area contributed by atoms with Crippen LogP contribution in [-0.2, 0) is 13.6 Å². The fourth-order valence-electron chi connectivity index (χ4n) is 1.27. The number of imidazole rings is 1. The monoisotopic (exact) mass is 256 g/mol. The van der Waals surface area contributed by atoms with Gasteiger partial charge >= 0.3 is 0 Å². The van der Waals surface area contributed by atoms with Gasteiger partial charge in [-0.25, -0.2) is 9.97 Å². The lowest BCUT2D eigenvalue weighted by Crippen LogP contribution is -2.06. The van der Waals surface area contributed by atoms with Gasteiger partial charge in [-0.15, -0.1) is 0 Å². The van der Waals surface area contributed by atoms with E-state index in [0.717, 1.165) is 5.82 Å². The first-order valence-corrected chi connectivity index (χ1v) is 5.43. The van der Waals surface area contributed by atoms with Crippen LogP contribution in [0.5, 0.6) is 0 Å². The molecule has 2 aromatic heterocycles. The Morgan fingerprint density at radius 1 is 1.38 bits per heavy atom. The predicted octanol–water partition coefficient (Wildman–Crippen LogP) is 2.73. The second-order valence-corrected chi connectivity index (χ2v) is 4.14. The highest BCUT2D eigenvalue weighted by Crippen LogP contribution is 2.22. The Kier molecular flexibility index (Phi) is 3.31. The molecule has 2 heterocycles. The van der Waals surface area contributed by atoms with Gasteiger partial charge in [-0.2, -0.15) is 0 Å². The van der Waals surface area contributed by atoms with E-state index >= 15 is 0 Å². The number of nitrogens with one attached hydrogen (secondary N) is 1. The summed E-state index contributed by atoms with van der Waals surface area (Å²) in [6.07, 6.45) is 5.18. The highest BCUT2D eigenvalue weighted by Gasteiger charge is 2.04.